The second-order valence-corrected chi connectivity index (χ2v) is 7.96. The first kappa shape index (κ1) is 24.3. The van der Waals surface area contributed by atoms with Crippen molar-refractivity contribution in [3.63, 3.8) is 0 Å². The van der Waals surface area contributed by atoms with E-state index in [2.05, 4.69) is 17.2 Å². The molecule has 0 saturated carbocycles. The van der Waals surface area contributed by atoms with E-state index < -0.39 is 0 Å². The van der Waals surface area contributed by atoms with Gasteiger partial charge in [0.2, 0.25) is 0 Å². The summed E-state index contributed by atoms with van der Waals surface area (Å²) in [6, 6.07) is 32.4. The van der Waals surface area contributed by atoms with Gasteiger partial charge in [0.1, 0.15) is 24.7 Å². The summed E-state index contributed by atoms with van der Waals surface area (Å²) in [7, 11) is 0. The molecule has 0 aliphatic carbocycles. The molecule has 4 aromatic rings. The Morgan fingerprint density at radius 2 is 0.917 bits per heavy atom. The Kier molecular flexibility index (Phi) is 8.12. The lowest BCUT2D eigenvalue weighted by molar-refractivity contribution is 0.101. The number of para-hydroxylation sites is 4. The van der Waals surface area contributed by atoms with Crippen molar-refractivity contribution in [3.8, 4) is 11.5 Å². The monoisotopic (exact) mass is 478 g/mol. The normalized spacial score (nSPS) is 10.2. The maximum Gasteiger partial charge on any atom is 0.255 e. The van der Waals surface area contributed by atoms with Gasteiger partial charge in [-0.2, -0.15) is 0 Å². The van der Waals surface area contributed by atoms with Gasteiger partial charge in [-0.05, 0) is 54.1 Å². The summed E-state index contributed by atoms with van der Waals surface area (Å²) >= 11 is 0. The third-order valence-corrected chi connectivity index (χ3v) is 5.21. The molecular formula is C30H26N2O4. The van der Waals surface area contributed by atoms with Crippen LogP contribution in [0.4, 0.5) is 11.4 Å². The van der Waals surface area contributed by atoms with Crippen molar-refractivity contribution in [1.29, 1.82) is 0 Å². The molecule has 0 radical (unpaired) electrons. The molecule has 4 aromatic carbocycles. The number of ether oxygens (including phenoxy) is 2. The minimum Gasteiger partial charge on any atom is -0.487 e. The first-order valence-corrected chi connectivity index (χ1v) is 11.4. The van der Waals surface area contributed by atoms with Crippen molar-refractivity contribution in [3.05, 3.63) is 132 Å². The smallest absolute Gasteiger partial charge is 0.255 e. The number of benzene rings is 4. The van der Waals surface area contributed by atoms with Gasteiger partial charge < -0.3 is 20.1 Å². The van der Waals surface area contributed by atoms with Crippen LogP contribution in [0, 0.1) is 0 Å². The number of rotatable bonds is 10. The molecule has 6 nitrogen and oxygen atoms in total. The number of amides is 2. The van der Waals surface area contributed by atoms with Crippen LogP contribution in [0.1, 0.15) is 20.7 Å². The Labute approximate surface area is 210 Å². The summed E-state index contributed by atoms with van der Waals surface area (Å²) in [4.78, 5) is 25.1. The van der Waals surface area contributed by atoms with Crippen LogP contribution in [0.5, 0.6) is 11.5 Å². The number of hydrogen-bond donors (Lipinski definition) is 2. The highest BCUT2D eigenvalue weighted by Gasteiger charge is 2.12. The lowest BCUT2D eigenvalue weighted by Crippen LogP contribution is -2.15. The van der Waals surface area contributed by atoms with Crippen molar-refractivity contribution in [2.75, 3.05) is 23.8 Å². The summed E-state index contributed by atoms with van der Waals surface area (Å²) in [5, 5.41) is 5.76. The van der Waals surface area contributed by atoms with Crippen molar-refractivity contribution in [1.82, 2.24) is 0 Å². The molecular weight excluding hydrogens is 452 g/mol. The topological polar surface area (TPSA) is 76.7 Å². The van der Waals surface area contributed by atoms with Crippen LogP contribution in [0.3, 0.4) is 0 Å². The second kappa shape index (κ2) is 12.0. The van der Waals surface area contributed by atoms with Crippen LogP contribution in [-0.4, -0.2) is 25.0 Å². The average molecular weight is 479 g/mol. The van der Waals surface area contributed by atoms with Crippen LogP contribution < -0.4 is 20.1 Å². The van der Waals surface area contributed by atoms with Gasteiger partial charge in [-0.15, -0.1) is 0 Å². The van der Waals surface area contributed by atoms with E-state index in [1.165, 1.54) is 0 Å². The number of nitrogens with one attached hydrogen (secondary N) is 2. The predicted octanol–water partition coefficient (Wildman–Crippen LogP) is 6.21. The van der Waals surface area contributed by atoms with Crippen LogP contribution in [0.15, 0.2) is 121 Å². The van der Waals surface area contributed by atoms with E-state index in [-0.39, 0.29) is 25.0 Å². The molecule has 0 aromatic heterocycles. The van der Waals surface area contributed by atoms with E-state index in [1.54, 1.807) is 48.5 Å². The van der Waals surface area contributed by atoms with E-state index in [0.29, 0.717) is 39.6 Å². The molecule has 4 rings (SSSR count). The fourth-order valence-electron chi connectivity index (χ4n) is 3.36. The third kappa shape index (κ3) is 6.61. The van der Waals surface area contributed by atoms with Gasteiger partial charge in [0.15, 0.2) is 0 Å². The fraction of sp³-hybridized carbons (Fsp3) is 0.0667. The Morgan fingerprint density at radius 3 is 1.33 bits per heavy atom. The molecule has 2 N–H and O–H groups in total. The highest BCUT2D eigenvalue weighted by Crippen LogP contribution is 2.26. The third-order valence-electron chi connectivity index (χ3n) is 5.21. The van der Waals surface area contributed by atoms with Gasteiger partial charge >= 0.3 is 0 Å². The largest absolute Gasteiger partial charge is 0.487 e. The van der Waals surface area contributed by atoms with Gasteiger partial charge in [-0.25, -0.2) is 0 Å². The molecule has 0 spiro atoms. The number of carbonyl (C=O) groups excluding carboxylic acids is 2. The van der Waals surface area contributed by atoms with Crippen molar-refractivity contribution >= 4 is 23.2 Å². The predicted molar refractivity (Wildman–Crippen MR) is 142 cm³/mol. The Hall–Kier alpha value is -4.84. The molecule has 0 aliphatic heterocycles. The zero-order chi connectivity index (χ0) is 25.2. The highest BCUT2D eigenvalue weighted by molar-refractivity contribution is 6.05. The molecule has 180 valence electrons. The minimum absolute atomic E-state index is 0.191. The van der Waals surface area contributed by atoms with Crippen LogP contribution in [-0.2, 0) is 0 Å². The molecule has 0 bridgehead atoms. The molecule has 0 heterocycles. The summed E-state index contributed by atoms with van der Waals surface area (Å²) < 4.78 is 11.8. The van der Waals surface area contributed by atoms with E-state index in [0.717, 1.165) is 0 Å². The zero-order valence-corrected chi connectivity index (χ0v) is 19.6. The summed E-state index contributed by atoms with van der Waals surface area (Å²) in [6.07, 6.45) is 0. The fourth-order valence-corrected chi connectivity index (χ4v) is 3.36. The van der Waals surface area contributed by atoms with E-state index in [9.17, 15) is 9.59 Å². The van der Waals surface area contributed by atoms with Gasteiger partial charge in [-0.3, -0.25) is 9.59 Å². The molecule has 6 heteroatoms. The lowest BCUT2D eigenvalue weighted by Gasteiger charge is -2.15. The summed E-state index contributed by atoms with van der Waals surface area (Å²) in [5.74, 6) is 0.614. The number of carbonyl (C=O) groups is 2. The standard InChI is InChI=1S/C30H26N2O4/c1-22(20-35-27-18-10-8-16-25(27)31-29(33)23-12-4-2-5-13-23)21-36-28-19-11-9-17-26(28)32-30(34)24-14-6-3-7-15-24/h2-19H,1,20-21H2,(H,31,33)(H,32,34). The molecule has 0 fully saturated rings. The lowest BCUT2D eigenvalue weighted by atomic mass is 10.2. The van der Waals surface area contributed by atoms with Gasteiger partial charge in [0, 0.05) is 11.1 Å². The van der Waals surface area contributed by atoms with Gasteiger partial charge in [-0.1, -0.05) is 67.2 Å². The summed E-state index contributed by atoms with van der Waals surface area (Å²) in [5.41, 5.74) is 2.93. The molecule has 0 saturated heterocycles. The maximum absolute atomic E-state index is 12.5. The quantitative estimate of drug-likeness (QED) is 0.266. The van der Waals surface area contributed by atoms with Crippen LogP contribution in [0.2, 0.25) is 0 Å². The molecule has 0 atom stereocenters. The minimum atomic E-state index is -0.219. The Morgan fingerprint density at radius 1 is 0.556 bits per heavy atom. The number of hydrogen-bond acceptors (Lipinski definition) is 4. The van der Waals surface area contributed by atoms with Gasteiger partial charge in [0.25, 0.3) is 11.8 Å². The van der Waals surface area contributed by atoms with E-state index in [4.69, 9.17) is 9.47 Å². The van der Waals surface area contributed by atoms with Crippen molar-refractivity contribution < 1.29 is 19.1 Å². The molecule has 0 aliphatic rings. The van der Waals surface area contributed by atoms with Crippen LogP contribution >= 0.6 is 0 Å². The Bertz CT molecular complexity index is 1230. The first-order chi connectivity index (χ1) is 17.6. The van der Waals surface area contributed by atoms with Gasteiger partial charge in [0.05, 0.1) is 11.4 Å². The van der Waals surface area contributed by atoms with E-state index in [1.807, 2.05) is 60.7 Å². The molecule has 2 amide bonds. The SMILES string of the molecule is C=C(COc1ccccc1NC(=O)c1ccccc1)COc1ccccc1NC(=O)c1ccccc1. The first-order valence-electron chi connectivity index (χ1n) is 11.4. The van der Waals surface area contributed by atoms with Crippen LogP contribution in [0.25, 0.3) is 0 Å². The number of anilines is 2. The summed E-state index contributed by atoms with van der Waals surface area (Å²) in [6.45, 7) is 4.42. The molecule has 36 heavy (non-hydrogen) atoms. The molecule has 0 unspecified atom stereocenters. The second-order valence-electron chi connectivity index (χ2n) is 7.96. The van der Waals surface area contributed by atoms with Crippen molar-refractivity contribution in [2.45, 2.75) is 0 Å². The maximum atomic E-state index is 12.5. The Balaban J connectivity index is 1.32. The highest BCUT2D eigenvalue weighted by atomic mass is 16.5. The van der Waals surface area contributed by atoms with E-state index >= 15 is 0 Å². The zero-order valence-electron chi connectivity index (χ0n) is 19.6. The van der Waals surface area contributed by atoms with Crippen molar-refractivity contribution in [2.24, 2.45) is 0 Å². The average Bonchev–Trinajstić information content (AvgIpc) is 2.93.